The number of nitrogens with zero attached hydrogens (tertiary/aromatic N) is 3. The molecule has 5 nitrogen and oxygen atoms in total. The molecule has 0 spiro atoms. The monoisotopic (exact) mass is 346 g/mol. The van der Waals surface area contributed by atoms with Gasteiger partial charge in [-0.3, -0.25) is 4.79 Å². The zero-order valence-electron chi connectivity index (χ0n) is 14.6. The van der Waals surface area contributed by atoms with Gasteiger partial charge in [0.2, 0.25) is 5.95 Å². The third-order valence-corrected chi connectivity index (χ3v) is 4.19. The second kappa shape index (κ2) is 8.11. The summed E-state index contributed by atoms with van der Waals surface area (Å²) in [6, 6.07) is 7.11. The zero-order chi connectivity index (χ0) is 17.7. The summed E-state index contributed by atoms with van der Waals surface area (Å²) in [7, 11) is 1.94. The van der Waals surface area contributed by atoms with Crippen molar-refractivity contribution in [3.63, 3.8) is 0 Å². The van der Waals surface area contributed by atoms with Crippen LogP contribution in [-0.2, 0) is 0 Å². The van der Waals surface area contributed by atoms with Gasteiger partial charge in [-0.25, -0.2) is 9.97 Å². The van der Waals surface area contributed by atoms with E-state index in [9.17, 15) is 4.79 Å². The van der Waals surface area contributed by atoms with Crippen LogP contribution in [0.4, 0.5) is 11.6 Å². The van der Waals surface area contributed by atoms with Crippen LogP contribution in [0.1, 0.15) is 41.5 Å². The highest BCUT2D eigenvalue weighted by atomic mass is 35.5. The fourth-order valence-corrected chi connectivity index (χ4v) is 2.44. The summed E-state index contributed by atoms with van der Waals surface area (Å²) in [5, 5.41) is 3.49. The van der Waals surface area contributed by atoms with Gasteiger partial charge in [0, 0.05) is 30.0 Å². The quantitative estimate of drug-likeness (QED) is 0.850. The van der Waals surface area contributed by atoms with Gasteiger partial charge in [0.1, 0.15) is 5.69 Å². The Morgan fingerprint density at radius 3 is 2.75 bits per heavy atom. The molecule has 0 aliphatic carbocycles. The number of aryl methyl sites for hydroxylation is 1. The Hall–Kier alpha value is -2.14. The van der Waals surface area contributed by atoms with Crippen LogP contribution in [0.25, 0.3) is 0 Å². The number of anilines is 2. The Bertz CT molecular complexity index is 733. The van der Waals surface area contributed by atoms with Crippen LogP contribution in [0.5, 0.6) is 0 Å². The summed E-state index contributed by atoms with van der Waals surface area (Å²) in [6.45, 7) is 6.72. The molecule has 1 aromatic heterocycles. The second-order valence-corrected chi connectivity index (χ2v) is 6.24. The molecule has 2 rings (SSSR count). The van der Waals surface area contributed by atoms with Crippen molar-refractivity contribution in [3.8, 4) is 0 Å². The highest BCUT2D eigenvalue weighted by Crippen LogP contribution is 2.23. The van der Waals surface area contributed by atoms with Crippen LogP contribution in [0, 0.1) is 13.8 Å². The van der Waals surface area contributed by atoms with Gasteiger partial charge in [-0.2, -0.15) is 0 Å². The van der Waals surface area contributed by atoms with Crippen molar-refractivity contribution in [2.45, 2.75) is 33.6 Å². The largest absolute Gasteiger partial charge is 0.344 e. The molecule has 0 aliphatic rings. The summed E-state index contributed by atoms with van der Waals surface area (Å²) >= 11 is 6.10. The lowest BCUT2D eigenvalue weighted by molar-refractivity contribution is 0.102. The van der Waals surface area contributed by atoms with E-state index in [0.29, 0.717) is 22.4 Å². The van der Waals surface area contributed by atoms with Crippen molar-refractivity contribution in [3.05, 3.63) is 46.2 Å². The average Bonchev–Trinajstić information content (AvgIpc) is 2.56. The van der Waals surface area contributed by atoms with Crippen LogP contribution in [0.15, 0.2) is 24.3 Å². The first-order chi connectivity index (χ1) is 11.4. The van der Waals surface area contributed by atoms with Crippen molar-refractivity contribution in [2.24, 2.45) is 0 Å². The molecule has 0 bridgehead atoms. The standard InChI is InChI=1S/C18H23ClN4O/c1-5-6-10-23(4)18-20-12(2)11-16(22-18)17(24)21-15-9-7-8-14(19)13(15)3/h7-9,11H,5-6,10H2,1-4H3,(H,21,24). The molecule has 0 aliphatic heterocycles. The van der Waals surface area contributed by atoms with Gasteiger partial charge in [0.05, 0.1) is 0 Å². The van der Waals surface area contributed by atoms with Crippen LogP contribution >= 0.6 is 11.6 Å². The maximum Gasteiger partial charge on any atom is 0.274 e. The van der Waals surface area contributed by atoms with E-state index in [-0.39, 0.29) is 5.91 Å². The molecule has 1 N–H and O–H groups in total. The highest BCUT2D eigenvalue weighted by molar-refractivity contribution is 6.31. The number of benzene rings is 1. The number of hydrogen-bond acceptors (Lipinski definition) is 4. The predicted octanol–water partition coefficient (Wildman–Crippen LogP) is 4.24. The molecule has 2 aromatic rings. The van der Waals surface area contributed by atoms with E-state index >= 15 is 0 Å². The van der Waals surface area contributed by atoms with Crippen molar-refractivity contribution >= 4 is 29.1 Å². The van der Waals surface area contributed by atoms with E-state index in [1.54, 1.807) is 18.2 Å². The van der Waals surface area contributed by atoms with Crippen molar-refractivity contribution in [2.75, 3.05) is 23.8 Å². The molecular weight excluding hydrogens is 324 g/mol. The SMILES string of the molecule is CCCCN(C)c1nc(C)cc(C(=O)Nc2cccc(Cl)c2C)n1. The van der Waals surface area contributed by atoms with E-state index < -0.39 is 0 Å². The minimum atomic E-state index is -0.268. The van der Waals surface area contributed by atoms with Crippen molar-refractivity contribution < 1.29 is 4.79 Å². The number of aromatic nitrogens is 2. The van der Waals surface area contributed by atoms with E-state index in [1.165, 1.54) is 0 Å². The number of unbranched alkanes of at least 4 members (excludes halogenated alkanes) is 1. The fourth-order valence-electron chi connectivity index (χ4n) is 2.26. The lowest BCUT2D eigenvalue weighted by atomic mass is 10.2. The third kappa shape index (κ3) is 4.45. The molecule has 24 heavy (non-hydrogen) atoms. The number of nitrogens with one attached hydrogen (secondary N) is 1. The second-order valence-electron chi connectivity index (χ2n) is 5.84. The van der Waals surface area contributed by atoms with E-state index in [4.69, 9.17) is 11.6 Å². The molecule has 1 heterocycles. The van der Waals surface area contributed by atoms with E-state index in [1.807, 2.05) is 31.9 Å². The maximum atomic E-state index is 12.6. The van der Waals surface area contributed by atoms with Gasteiger partial charge in [0.15, 0.2) is 0 Å². The number of rotatable bonds is 6. The Kier molecular flexibility index (Phi) is 6.15. The smallest absolute Gasteiger partial charge is 0.274 e. The number of halogens is 1. The topological polar surface area (TPSA) is 58.1 Å². The molecule has 1 aromatic carbocycles. The Balaban J connectivity index is 2.23. The number of carbonyl (C=O) groups is 1. The van der Waals surface area contributed by atoms with Gasteiger partial charge >= 0.3 is 0 Å². The molecule has 6 heteroatoms. The molecule has 0 saturated heterocycles. The molecule has 0 saturated carbocycles. The minimum absolute atomic E-state index is 0.268. The van der Waals surface area contributed by atoms with Gasteiger partial charge in [-0.15, -0.1) is 0 Å². The lowest BCUT2D eigenvalue weighted by Gasteiger charge is -2.18. The van der Waals surface area contributed by atoms with Gasteiger partial charge < -0.3 is 10.2 Å². The first kappa shape index (κ1) is 18.2. The summed E-state index contributed by atoms with van der Waals surface area (Å²) in [5.41, 5.74) is 2.62. The molecular formula is C18H23ClN4O. The first-order valence-electron chi connectivity index (χ1n) is 8.05. The number of hydrogen-bond donors (Lipinski definition) is 1. The molecule has 128 valence electrons. The van der Waals surface area contributed by atoms with Crippen molar-refractivity contribution in [1.29, 1.82) is 0 Å². The zero-order valence-corrected chi connectivity index (χ0v) is 15.3. The summed E-state index contributed by atoms with van der Waals surface area (Å²) in [4.78, 5) is 23.4. The first-order valence-corrected chi connectivity index (χ1v) is 8.43. The Morgan fingerprint density at radius 1 is 1.29 bits per heavy atom. The Morgan fingerprint density at radius 2 is 2.04 bits per heavy atom. The van der Waals surface area contributed by atoms with E-state index in [0.717, 1.165) is 30.6 Å². The molecule has 1 amide bonds. The summed E-state index contributed by atoms with van der Waals surface area (Å²) < 4.78 is 0. The number of carbonyl (C=O) groups excluding carboxylic acids is 1. The summed E-state index contributed by atoms with van der Waals surface area (Å²) in [6.07, 6.45) is 2.15. The predicted molar refractivity (Wildman–Crippen MR) is 99.1 cm³/mol. The Labute approximate surface area is 148 Å². The van der Waals surface area contributed by atoms with Crippen LogP contribution in [0.2, 0.25) is 5.02 Å². The molecule has 0 atom stereocenters. The van der Waals surface area contributed by atoms with Gasteiger partial charge in [-0.05, 0) is 44.0 Å². The van der Waals surface area contributed by atoms with Crippen LogP contribution < -0.4 is 10.2 Å². The maximum absolute atomic E-state index is 12.6. The van der Waals surface area contributed by atoms with E-state index in [2.05, 4.69) is 22.2 Å². The summed E-state index contributed by atoms with van der Waals surface area (Å²) in [5.74, 6) is 0.299. The average molecular weight is 347 g/mol. The fraction of sp³-hybridized carbons (Fsp3) is 0.389. The number of amides is 1. The van der Waals surface area contributed by atoms with Crippen LogP contribution in [0.3, 0.4) is 0 Å². The lowest BCUT2D eigenvalue weighted by Crippen LogP contribution is -2.23. The van der Waals surface area contributed by atoms with Crippen LogP contribution in [-0.4, -0.2) is 29.5 Å². The minimum Gasteiger partial charge on any atom is -0.344 e. The van der Waals surface area contributed by atoms with Gasteiger partial charge in [-0.1, -0.05) is 31.0 Å². The third-order valence-electron chi connectivity index (χ3n) is 3.78. The normalized spacial score (nSPS) is 10.5. The molecule has 0 fully saturated rings. The molecule has 0 unspecified atom stereocenters. The molecule has 0 radical (unpaired) electrons. The van der Waals surface area contributed by atoms with Crippen molar-refractivity contribution in [1.82, 2.24) is 9.97 Å². The highest BCUT2D eigenvalue weighted by Gasteiger charge is 2.14. The van der Waals surface area contributed by atoms with Gasteiger partial charge in [0.25, 0.3) is 5.91 Å².